The first kappa shape index (κ1) is 19.8. The topological polar surface area (TPSA) is 61.0 Å². The normalized spacial score (nSPS) is 10.9. The van der Waals surface area contributed by atoms with Crippen molar-refractivity contribution in [2.45, 2.75) is 6.42 Å². The SMILES string of the molecule is COc1ccc(Cc2nc3nc(-c4ccccc4)c(-c4ccccc4)cc3cc2N)cc1. The van der Waals surface area contributed by atoms with Crippen molar-refractivity contribution in [3.63, 3.8) is 0 Å². The van der Waals surface area contributed by atoms with Crippen molar-refractivity contribution < 1.29 is 4.74 Å². The second-order valence-corrected chi connectivity index (χ2v) is 7.71. The van der Waals surface area contributed by atoms with Crippen LogP contribution in [-0.2, 0) is 6.42 Å². The van der Waals surface area contributed by atoms with Crippen LogP contribution in [0.25, 0.3) is 33.4 Å². The molecule has 0 unspecified atom stereocenters. The Hall–Kier alpha value is -4.18. The molecule has 4 heteroatoms. The Kier molecular flexibility index (Phi) is 5.26. The van der Waals surface area contributed by atoms with Crippen LogP contribution in [0.4, 0.5) is 5.69 Å². The number of anilines is 1. The molecule has 5 aromatic rings. The molecule has 0 saturated carbocycles. The van der Waals surface area contributed by atoms with Gasteiger partial charge in [-0.25, -0.2) is 9.97 Å². The molecule has 0 fully saturated rings. The first-order valence-electron chi connectivity index (χ1n) is 10.6. The maximum absolute atomic E-state index is 6.41. The van der Waals surface area contributed by atoms with Crippen LogP contribution >= 0.6 is 0 Å². The van der Waals surface area contributed by atoms with Crippen LogP contribution in [0.1, 0.15) is 11.3 Å². The standard InChI is InChI=1S/C28H23N3O/c1-32-23-14-12-19(13-15-23)16-26-25(29)18-22-17-24(20-8-4-2-5-9-20)27(31-28(22)30-26)21-10-6-3-7-11-21/h2-15,17-18H,16,29H2,1H3. The van der Waals surface area contributed by atoms with E-state index < -0.39 is 0 Å². The number of nitrogens with two attached hydrogens (primary N) is 1. The van der Waals surface area contributed by atoms with Gasteiger partial charge in [0.15, 0.2) is 5.65 Å². The molecule has 156 valence electrons. The van der Waals surface area contributed by atoms with Gasteiger partial charge in [0.05, 0.1) is 24.2 Å². The Balaban J connectivity index is 1.64. The Morgan fingerprint density at radius 2 is 1.41 bits per heavy atom. The number of rotatable bonds is 5. The highest BCUT2D eigenvalue weighted by Gasteiger charge is 2.14. The number of benzene rings is 3. The van der Waals surface area contributed by atoms with Crippen LogP contribution < -0.4 is 10.5 Å². The lowest BCUT2D eigenvalue weighted by Gasteiger charge is -2.13. The van der Waals surface area contributed by atoms with Gasteiger partial charge in [-0.2, -0.15) is 0 Å². The van der Waals surface area contributed by atoms with Crippen LogP contribution in [0, 0.1) is 0 Å². The Morgan fingerprint density at radius 3 is 2.06 bits per heavy atom. The number of pyridine rings is 2. The molecule has 0 spiro atoms. The number of fused-ring (bicyclic) bond motifs is 1. The minimum atomic E-state index is 0.633. The molecule has 0 aliphatic rings. The molecule has 0 atom stereocenters. The van der Waals surface area contributed by atoms with Gasteiger partial charge < -0.3 is 10.5 Å². The van der Waals surface area contributed by atoms with E-state index in [1.165, 1.54) is 0 Å². The number of ether oxygens (including phenoxy) is 1. The number of hydrogen-bond acceptors (Lipinski definition) is 4. The fourth-order valence-corrected chi connectivity index (χ4v) is 3.89. The highest BCUT2D eigenvalue weighted by atomic mass is 16.5. The summed E-state index contributed by atoms with van der Waals surface area (Å²) in [5, 5.41) is 0.930. The number of hydrogen-bond donors (Lipinski definition) is 1. The fourth-order valence-electron chi connectivity index (χ4n) is 3.89. The third-order valence-corrected chi connectivity index (χ3v) is 5.58. The average Bonchev–Trinajstić information content (AvgIpc) is 2.85. The molecule has 0 radical (unpaired) electrons. The van der Waals surface area contributed by atoms with E-state index in [2.05, 4.69) is 30.3 Å². The maximum Gasteiger partial charge on any atom is 0.160 e. The lowest BCUT2D eigenvalue weighted by molar-refractivity contribution is 0.414. The molecule has 2 heterocycles. The zero-order valence-electron chi connectivity index (χ0n) is 17.8. The Bertz CT molecular complexity index is 1370. The van der Waals surface area contributed by atoms with Crippen molar-refractivity contribution in [1.82, 2.24) is 9.97 Å². The second-order valence-electron chi connectivity index (χ2n) is 7.71. The van der Waals surface area contributed by atoms with Gasteiger partial charge in [0.25, 0.3) is 0 Å². The summed E-state index contributed by atoms with van der Waals surface area (Å²) in [6, 6.07) is 32.6. The summed E-state index contributed by atoms with van der Waals surface area (Å²) in [6.07, 6.45) is 0.633. The van der Waals surface area contributed by atoms with Crippen molar-refractivity contribution in [2.24, 2.45) is 0 Å². The molecule has 4 nitrogen and oxygen atoms in total. The quantitative estimate of drug-likeness (QED) is 0.373. The second kappa shape index (κ2) is 8.52. The van der Waals surface area contributed by atoms with E-state index in [0.717, 1.165) is 44.8 Å². The number of methoxy groups -OCH3 is 1. The van der Waals surface area contributed by atoms with Crippen molar-refractivity contribution in [3.8, 4) is 28.1 Å². The van der Waals surface area contributed by atoms with Gasteiger partial charge in [-0.3, -0.25) is 0 Å². The maximum atomic E-state index is 6.41. The van der Waals surface area contributed by atoms with E-state index in [1.54, 1.807) is 7.11 Å². The van der Waals surface area contributed by atoms with Gasteiger partial charge in [0.1, 0.15) is 5.75 Å². The highest BCUT2D eigenvalue weighted by Crippen LogP contribution is 2.34. The molecule has 2 aromatic heterocycles. The fraction of sp³-hybridized carbons (Fsp3) is 0.0714. The van der Waals surface area contributed by atoms with Crippen molar-refractivity contribution in [3.05, 3.63) is 108 Å². The van der Waals surface area contributed by atoms with Gasteiger partial charge in [0.2, 0.25) is 0 Å². The summed E-state index contributed by atoms with van der Waals surface area (Å²) in [7, 11) is 1.66. The molecular weight excluding hydrogens is 394 g/mol. The molecule has 0 saturated heterocycles. The largest absolute Gasteiger partial charge is 0.497 e. The number of nitrogens with zero attached hydrogens (tertiary/aromatic N) is 2. The third-order valence-electron chi connectivity index (χ3n) is 5.58. The minimum absolute atomic E-state index is 0.633. The summed E-state index contributed by atoms with van der Waals surface area (Å²) in [4.78, 5) is 9.87. The number of nitrogen functional groups attached to an aromatic ring is 1. The van der Waals surface area contributed by atoms with E-state index in [1.807, 2.05) is 66.7 Å². The lowest BCUT2D eigenvalue weighted by Crippen LogP contribution is -2.02. The van der Waals surface area contributed by atoms with Gasteiger partial charge in [0, 0.05) is 22.9 Å². The molecule has 2 N–H and O–H groups in total. The van der Waals surface area contributed by atoms with Gasteiger partial charge in [-0.05, 0) is 35.4 Å². The first-order valence-corrected chi connectivity index (χ1v) is 10.6. The van der Waals surface area contributed by atoms with Crippen LogP contribution in [0.2, 0.25) is 0 Å². The van der Waals surface area contributed by atoms with Gasteiger partial charge >= 0.3 is 0 Å². The summed E-state index contributed by atoms with van der Waals surface area (Å²) >= 11 is 0. The average molecular weight is 418 g/mol. The molecule has 3 aromatic carbocycles. The van der Waals surface area contributed by atoms with E-state index in [9.17, 15) is 0 Å². The summed E-state index contributed by atoms with van der Waals surface area (Å²) in [5.41, 5.74) is 13.9. The molecule has 0 aliphatic heterocycles. The van der Waals surface area contributed by atoms with Gasteiger partial charge in [-0.1, -0.05) is 72.8 Å². The Labute approximate surface area is 187 Å². The molecule has 0 aliphatic carbocycles. The summed E-state index contributed by atoms with van der Waals surface area (Å²) < 4.78 is 5.25. The summed E-state index contributed by atoms with van der Waals surface area (Å²) in [6.45, 7) is 0. The van der Waals surface area contributed by atoms with E-state index in [4.69, 9.17) is 20.4 Å². The smallest absolute Gasteiger partial charge is 0.160 e. The highest BCUT2D eigenvalue weighted by molar-refractivity contribution is 5.91. The van der Waals surface area contributed by atoms with Crippen LogP contribution in [0.3, 0.4) is 0 Å². The molecule has 32 heavy (non-hydrogen) atoms. The third kappa shape index (κ3) is 3.91. The zero-order chi connectivity index (χ0) is 21.9. The molecule has 0 amide bonds. The van der Waals surface area contributed by atoms with Crippen LogP contribution in [0.5, 0.6) is 5.75 Å². The van der Waals surface area contributed by atoms with E-state index in [-0.39, 0.29) is 0 Å². The number of aromatic nitrogens is 2. The first-order chi connectivity index (χ1) is 15.7. The van der Waals surface area contributed by atoms with E-state index in [0.29, 0.717) is 17.8 Å². The van der Waals surface area contributed by atoms with Crippen molar-refractivity contribution in [2.75, 3.05) is 12.8 Å². The van der Waals surface area contributed by atoms with Crippen LogP contribution in [-0.4, -0.2) is 17.1 Å². The molecular formula is C28H23N3O. The predicted molar refractivity (Wildman–Crippen MR) is 131 cm³/mol. The minimum Gasteiger partial charge on any atom is -0.497 e. The van der Waals surface area contributed by atoms with Crippen LogP contribution in [0.15, 0.2) is 97.1 Å². The molecule has 0 bridgehead atoms. The van der Waals surface area contributed by atoms with Gasteiger partial charge in [-0.15, -0.1) is 0 Å². The monoisotopic (exact) mass is 417 g/mol. The summed E-state index contributed by atoms with van der Waals surface area (Å²) in [5.74, 6) is 0.829. The Morgan fingerprint density at radius 1 is 0.750 bits per heavy atom. The predicted octanol–water partition coefficient (Wildman–Crippen LogP) is 6.15. The van der Waals surface area contributed by atoms with Crippen molar-refractivity contribution >= 4 is 16.7 Å². The van der Waals surface area contributed by atoms with Crippen molar-refractivity contribution in [1.29, 1.82) is 0 Å². The lowest BCUT2D eigenvalue weighted by atomic mass is 9.98. The van der Waals surface area contributed by atoms with E-state index >= 15 is 0 Å². The zero-order valence-corrected chi connectivity index (χ0v) is 17.8. The molecule has 5 rings (SSSR count).